The highest BCUT2D eigenvalue weighted by atomic mass is 79.9. The van der Waals surface area contributed by atoms with Crippen molar-refractivity contribution in [2.24, 2.45) is 0 Å². The van der Waals surface area contributed by atoms with E-state index in [2.05, 4.69) is 22.0 Å². The number of aryl methyl sites for hydroxylation is 3. The second-order valence-electron chi connectivity index (χ2n) is 4.84. The van der Waals surface area contributed by atoms with Crippen LogP contribution >= 0.6 is 27.3 Å². The molecule has 1 aromatic heterocycles. The minimum Gasteiger partial charge on any atom is -0.291 e. The quantitative estimate of drug-likeness (QED) is 0.738. The van der Waals surface area contributed by atoms with Gasteiger partial charge in [-0.1, -0.05) is 18.2 Å². The van der Waals surface area contributed by atoms with E-state index in [1.54, 1.807) is 0 Å². The Morgan fingerprint density at radius 3 is 2.40 bits per heavy atom. The van der Waals surface area contributed by atoms with Crippen molar-refractivity contribution in [3.05, 3.63) is 55.2 Å². The Balaban J connectivity index is 2.39. The van der Waals surface area contributed by atoms with Crippen molar-refractivity contribution in [2.45, 2.75) is 26.7 Å². The first-order valence-corrected chi connectivity index (χ1v) is 7.82. The molecule has 0 radical (unpaired) electrons. The average molecular weight is 348 g/mol. The lowest BCUT2D eigenvalue weighted by molar-refractivity contribution is 0.0982. The van der Waals surface area contributed by atoms with Crippen LogP contribution in [0, 0.1) is 32.1 Å². The smallest absolute Gasteiger partial charge is 0.194 e. The van der Waals surface area contributed by atoms with Crippen LogP contribution in [0.4, 0.5) is 0 Å². The lowest BCUT2D eigenvalue weighted by atomic mass is 9.92. The number of hydrogen-bond acceptors (Lipinski definition) is 3. The van der Waals surface area contributed by atoms with E-state index in [9.17, 15) is 10.1 Å². The summed E-state index contributed by atoms with van der Waals surface area (Å²) in [5.74, 6) is -0.867. The Morgan fingerprint density at radius 2 is 1.90 bits per heavy atom. The summed E-state index contributed by atoms with van der Waals surface area (Å²) in [6, 6.07) is 9.72. The second kappa shape index (κ2) is 5.90. The highest BCUT2D eigenvalue weighted by molar-refractivity contribution is 9.11. The normalized spacial score (nSPS) is 11.9. The fourth-order valence-electron chi connectivity index (χ4n) is 1.95. The third-order valence-electron chi connectivity index (χ3n) is 3.36. The fourth-order valence-corrected chi connectivity index (χ4v) is 3.46. The molecule has 0 aliphatic carbocycles. The van der Waals surface area contributed by atoms with Gasteiger partial charge in [0.2, 0.25) is 0 Å². The molecule has 4 heteroatoms. The van der Waals surface area contributed by atoms with Crippen molar-refractivity contribution >= 4 is 33.0 Å². The Hall–Kier alpha value is -1.44. The van der Waals surface area contributed by atoms with Gasteiger partial charge in [0.15, 0.2) is 5.78 Å². The summed E-state index contributed by atoms with van der Waals surface area (Å²) in [7, 11) is 0. The predicted molar refractivity (Wildman–Crippen MR) is 85.4 cm³/mol. The molecule has 1 unspecified atom stereocenters. The van der Waals surface area contributed by atoms with Crippen LogP contribution in [0.5, 0.6) is 0 Å². The van der Waals surface area contributed by atoms with Gasteiger partial charge in [-0.05, 0) is 65.0 Å². The molecule has 2 rings (SSSR count). The minimum absolute atomic E-state index is 0.130. The Bertz CT molecular complexity index is 692. The van der Waals surface area contributed by atoms with Crippen molar-refractivity contribution < 1.29 is 4.79 Å². The zero-order valence-corrected chi connectivity index (χ0v) is 13.9. The first-order valence-electron chi connectivity index (χ1n) is 6.21. The molecule has 0 aliphatic heterocycles. The summed E-state index contributed by atoms with van der Waals surface area (Å²) in [6.45, 7) is 5.94. The molecule has 0 spiro atoms. The van der Waals surface area contributed by atoms with E-state index in [0.29, 0.717) is 4.88 Å². The molecule has 0 amide bonds. The summed E-state index contributed by atoms with van der Waals surface area (Å²) in [5, 5.41) is 9.37. The monoisotopic (exact) mass is 347 g/mol. The molecule has 102 valence electrons. The predicted octanol–water partition coefficient (Wildman–Crippen LogP) is 4.93. The number of thiophene rings is 1. The van der Waals surface area contributed by atoms with Crippen LogP contribution in [0.1, 0.15) is 37.8 Å². The molecule has 2 aromatic rings. The van der Waals surface area contributed by atoms with Gasteiger partial charge < -0.3 is 0 Å². The van der Waals surface area contributed by atoms with Crippen molar-refractivity contribution in [3.63, 3.8) is 0 Å². The Labute approximate surface area is 131 Å². The largest absolute Gasteiger partial charge is 0.291 e. The van der Waals surface area contributed by atoms with E-state index < -0.39 is 5.92 Å². The van der Waals surface area contributed by atoms with Gasteiger partial charge in [0, 0.05) is 0 Å². The Kier molecular flexibility index (Phi) is 4.42. The zero-order valence-electron chi connectivity index (χ0n) is 11.5. The van der Waals surface area contributed by atoms with Crippen molar-refractivity contribution in [2.75, 3.05) is 0 Å². The van der Waals surface area contributed by atoms with Crippen LogP contribution in [0.3, 0.4) is 0 Å². The van der Waals surface area contributed by atoms with E-state index in [4.69, 9.17) is 0 Å². The molecule has 0 saturated carbocycles. The minimum atomic E-state index is -0.737. The molecular weight excluding hydrogens is 334 g/mol. The number of hydrogen-bond donors (Lipinski definition) is 0. The maximum Gasteiger partial charge on any atom is 0.194 e. The number of carbonyl (C=O) groups is 1. The molecular formula is C16H14BrNOS. The SMILES string of the molecule is Cc1ccc(C(C#N)C(=O)c2cc(C)c(Br)s2)cc1C. The van der Waals surface area contributed by atoms with Crippen LogP contribution in [-0.2, 0) is 0 Å². The first kappa shape index (κ1) is 15.0. The molecule has 0 fully saturated rings. The molecule has 1 heterocycles. The van der Waals surface area contributed by atoms with Crippen LogP contribution in [-0.4, -0.2) is 5.78 Å². The van der Waals surface area contributed by atoms with Gasteiger partial charge in [0.1, 0.15) is 5.92 Å². The van der Waals surface area contributed by atoms with Gasteiger partial charge in [0.05, 0.1) is 14.7 Å². The number of nitriles is 1. The number of ketones is 1. The summed E-state index contributed by atoms with van der Waals surface area (Å²) in [6.07, 6.45) is 0. The van der Waals surface area contributed by atoms with E-state index in [1.807, 2.05) is 45.0 Å². The maximum absolute atomic E-state index is 12.5. The summed E-state index contributed by atoms with van der Waals surface area (Å²) >= 11 is 4.80. The number of carbonyl (C=O) groups excluding carboxylic acids is 1. The van der Waals surface area contributed by atoms with E-state index in [0.717, 1.165) is 26.0 Å². The zero-order chi connectivity index (χ0) is 14.9. The maximum atomic E-state index is 12.5. The molecule has 0 aliphatic rings. The summed E-state index contributed by atoms with van der Waals surface area (Å²) in [4.78, 5) is 13.1. The van der Waals surface area contributed by atoms with Gasteiger partial charge in [-0.15, -0.1) is 11.3 Å². The highest BCUT2D eigenvalue weighted by Gasteiger charge is 2.24. The molecule has 2 nitrogen and oxygen atoms in total. The van der Waals surface area contributed by atoms with Gasteiger partial charge in [-0.2, -0.15) is 5.26 Å². The number of halogens is 1. The molecule has 0 bridgehead atoms. The van der Waals surface area contributed by atoms with Gasteiger partial charge in [0.25, 0.3) is 0 Å². The average Bonchev–Trinajstić information content (AvgIpc) is 2.74. The van der Waals surface area contributed by atoms with E-state index in [-0.39, 0.29) is 5.78 Å². The van der Waals surface area contributed by atoms with E-state index in [1.165, 1.54) is 11.3 Å². The third-order valence-corrected chi connectivity index (χ3v) is 5.51. The third kappa shape index (κ3) is 2.84. The standard InChI is InChI=1S/C16H14BrNOS/c1-9-4-5-12(6-10(9)2)13(8-18)15(19)14-7-11(3)16(17)20-14/h4-7,13H,1-3H3. The molecule has 1 atom stereocenters. The van der Waals surface area contributed by atoms with Crippen LogP contribution in [0.15, 0.2) is 28.1 Å². The lowest BCUT2D eigenvalue weighted by Crippen LogP contribution is -2.10. The van der Waals surface area contributed by atoms with Crippen LogP contribution in [0.2, 0.25) is 0 Å². The molecule has 0 saturated heterocycles. The number of Topliss-reactive ketones (excluding diaryl/α,β-unsaturated/α-hetero) is 1. The first-order chi connectivity index (χ1) is 9.43. The van der Waals surface area contributed by atoms with Gasteiger partial charge >= 0.3 is 0 Å². The number of nitrogens with zero attached hydrogens (tertiary/aromatic N) is 1. The van der Waals surface area contributed by atoms with Crippen molar-refractivity contribution in [3.8, 4) is 6.07 Å². The van der Waals surface area contributed by atoms with Gasteiger partial charge in [-0.3, -0.25) is 4.79 Å². The molecule has 20 heavy (non-hydrogen) atoms. The lowest BCUT2D eigenvalue weighted by Gasteiger charge is -2.09. The topological polar surface area (TPSA) is 40.9 Å². The molecule has 1 aromatic carbocycles. The van der Waals surface area contributed by atoms with Crippen LogP contribution < -0.4 is 0 Å². The second-order valence-corrected chi connectivity index (χ2v) is 7.21. The fraction of sp³-hybridized carbons (Fsp3) is 0.250. The highest BCUT2D eigenvalue weighted by Crippen LogP contribution is 2.31. The number of rotatable bonds is 3. The Morgan fingerprint density at radius 1 is 1.20 bits per heavy atom. The van der Waals surface area contributed by atoms with Crippen LogP contribution in [0.25, 0.3) is 0 Å². The van der Waals surface area contributed by atoms with Crippen molar-refractivity contribution in [1.82, 2.24) is 0 Å². The summed E-state index contributed by atoms with van der Waals surface area (Å²) in [5.41, 5.74) is 4.05. The summed E-state index contributed by atoms with van der Waals surface area (Å²) < 4.78 is 0.942. The van der Waals surface area contributed by atoms with Crippen molar-refractivity contribution in [1.29, 1.82) is 5.26 Å². The molecule has 0 N–H and O–H groups in total. The van der Waals surface area contributed by atoms with Gasteiger partial charge in [-0.25, -0.2) is 0 Å². The number of benzene rings is 1. The van der Waals surface area contributed by atoms with E-state index >= 15 is 0 Å².